The Bertz CT molecular complexity index is 674. The fourth-order valence-corrected chi connectivity index (χ4v) is 2.54. The summed E-state index contributed by atoms with van der Waals surface area (Å²) in [5.74, 6) is -0.179. The van der Waals surface area contributed by atoms with Crippen LogP contribution >= 0.6 is 0 Å². The maximum atomic E-state index is 12.6. The predicted octanol–water partition coefficient (Wildman–Crippen LogP) is 3.85. The van der Waals surface area contributed by atoms with Gasteiger partial charge < -0.3 is 16.0 Å². The van der Waals surface area contributed by atoms with Crippen LogP contribution in [0, 0.1) is 0 Å². The summed E-state index contributed by atoms with van der Waals surface area (Å²) in [6, 6.07) is 17.8. The Balaban J connectivity index is 1.94. The Morgan fingerprint density at radius 1 is 0.920 bits per heavy atom. The maximum Gasteiger partial charge on any atom is 0.319 e. The number of urea groups is 1. The van der Waals surface area contributed by atoms with Gasteiger partial charge in [-0.25, -0.2) is 4.79 Å². The molecule has 0 aliphatic heterocycles. The SMILES string of the molecule is CCC[C@@H](NC(=O)Nc1ccccc1)C(=O)N[C@H](C)c1ccccc1. The fourth-order valence-electron chi connectivity index (χ4n) is 2.54. The lowest BCUT2D eigenvalue weighted by atomic mass is 10.1. The molecule has 2 atom stereocenters. The number of carbonyl (C=O) groups is 2. The van der Waals surface area contributed by atoms with Crippen molar-refractivity contribution in [2.45, 2.75) is 38.8 Å². The first-order valence-electron chi connectivity index (χ1n) is 8.58. The summed E-state index contributed by atoms with van der Waals surface area (Å²) in [4.78, 5) is 24.7. The minimum Gasteiger partial charge on any atom is -0.348 e. The van der Waals surface area contributed by atoms with E-state index in [2.05, 4.69) is 16.0 Å². The molecule has 0 unspecified atom stereocenters. The normalized spacial score (nSPS) is 12.7. The lowest BCUT2D eigenvalue weighted by Crippen LogP contribution is -2.48. The van der Waals surface area contributed by atoms with Crippen LogP contribution in [0.2, 0.25) is 0 Å². The van der Waals surface area contributed by atoms with E-state index < -0.39 is 6.04 Å². The van der Waals surface area contributed by atoms with Crippen LogP contribution in [-0.4, -0.2) is 18.0 Å². The minimum atomic E-state index is -0.570. The van der Waals surface area contributed by atoms with Crippen LogP contribution in [0.15, 0.2) is 60.7 Å². The summed E-state index contributed by atoms with van der Waals surface area (Å²) in [5, 5.41) is 8.47. The molecule has 5 heteroatoms. The number of hydrogen-bond acceptors (Lipinski definition) is 2. The third-order valence-electron chi connectivity index (χ3n) is 3.89. The van der Waals surface area contributed by atoms with Gasteiger partial charge >= 0.3 is 6.03 Å². The molecular formula is C20H25N3O2. The van der Waals surface area contributed by atoms with E-state index in [4.69, 9.17) is 0 Å². The molecule has 0 heterocycles. The number of hydrogen-bond donors (Lipinski definition) is 3. The zero-order valence-corrected chi connectivity index (χ0v) is 14.7. The van der Waals surface area contributed by atoms with Crippen LogP contribution in [0.1, 0.15) is 38.3 Å². The Morgan fingerprint density at radius 2 is 1.52 bits per heavy atom. The van der Waals surface area contributed by atoms with Crippen molar-refractivity contribution in [3.05, 3.63) is 66.2 Å². The predicted molar refractivity (Wildman–Crippen MR) is 100 cm³/mol. The molecule has 2 aromatic carbocycles. The van der Waals surface area contributed by atoms with Crippen LogP contribution in [0.25, 0.3) is 0 Å². The lowest BCUT2D eigenvalue weighted by Gasteiger charge is -2.21. The van der Waals surface area contributed by atoms with E-state index in [0.717, 1.165) is 12.0 Å². The smallest absolute Gasteiger partial charge is 0.319 e. The van der Waals surface area contributed by atoms with Gasteiger partial charge in [0.25, 0.3) is 0 Å². The first-order chi connectivity index (χ1) is 12.1. The molecule has 0 aliphatic rings. The van der Waals surface area contributed by atoms with Crippen molar-refractivity contribution >= 4 is 17.6 Å². The largest absolute Gasteiger partial charge is 0.348 e. The Labute approximate surface area is 148 Å². The molecule has 25 heavy (non-hydrogen) atoms. The summed E-state index contributed by atoms with van der Waals surface area (Å²) in [6.07, 6.45) is 1.37. The van der Waals surface area contributed by atoms with Crippen molar-refractivity contribution in [2.24, 2.45) is 0 Å². The number of para-hydroxylation sites is 1. The van der Waals surface area contributed by atoms with Crippen molar-refractivity contribution in [2.75, 3.05) is 5.32 Å². The number of carbonyl (C=O) groups excluding carboxylic acids is 2. The van der Waals surface area contributed by atoms with E-state index in [-0.39, 0.29) is 18.0 Å². The molecule has 0 bridgehead atoms. The summed E-state index contributed by atoms with van der Waals surface area (Å²) in [7, 11) is 0. The second-order valence-electron chi connectivity index (χ2n) is 5.95. The monoisotopic (exact) mass is 339 g/mol. The number of benzene rings is 2. The average Bonchev–Trinajstić information content (AvgIpc) is 2.62. The van der Waals surface area contributed by atoms with Crippen LogP contribution in [0.4, 0.5) is 10.5 Å². The third-order valence-corrected chi connectivity index (χ3v) is 3.89. The van der Waals surface area contributed by atoms with Crippen molar-refractivity contribution in [3.63, 3.8) is 0 Å². The van der Waals surface area contributed by atoms with Crippen molar-refractivity contribution in [3.8, 4) is 0 Å². The second kappa shape index (κ2) is 9.47. The zero-order chi connectivity index (χ0) is 18.1. The van der Waals surface area contributed by atoms with Crippen LogP contribution in [0.5, 0.6) is 0 Å². The van der Waals surface area contributed by atoms with E-state index in [1.165, 1.54) is 0 Å². The number of rotatable bonds is 7. The zero-order valence-electron chi connectivity index (χ0n) is 14.7. The summed E-state index contributed by atoms with van der Waals surface area (Å²) in [6.45, 7) is 3.91. The molecule has 0 radical (unpaired) electrons. The van der Waals surface area contributed by atoms with E-state index in [0.29, 0.717) is 12.1 Å². The molecule has 0 fully saturated rings. The summed E-state index contributed by atoms with van der Waals surface area (Å²) >= 11 is 0. The van der Waals surface area contributed by atoms with Crippen molar-refractivity contribution in [1.82, 2.24) is 10.6 Å². The third kappa shape index (κ3) is 5.95. The summed E-state index contributed by atoms with van der Waals surface area (Å²) in [5.41, 5.74) is 1.72. The number of anilines is 1. The molecule has 0 aromatic heterocycles. The molecule has 3 N–H and O–H groups in total. The molecular weight excluding hydrogens is 314 g/mol. The Morgan fingerprint density at radius 3 is 2.12 bits per heavy atom. The minimum absolute atomic E-state index is 0.118. The van der Waals surface area contributed by atoms with Gasteiger partial charge in [0, 0.05) is 5.69 Å². The maximum absolute atomic E-state index is 12.6. The van der Waals surface area contributed by atoms with E-state index in [9.17, 15) is 9.59 Å². The highest BCUT2D eigenvalue weighted by Gasteiger charge is 2.21. The standard InChI is InChI=1S/C20H25N3O2/c1-3-10-18(23-20(25)22-17-13-8-5-9-14-17)19(24)21-15(2)16-11-6-4-7-12-16/h4-9,11-15,18H,3,10H2,1-2H3,(H,21,24)(H2,22,23,25)/t15-,18-/m1/s1. The van der Waals surface area contributed by atoms with Crippen molar-refractivity contribution in [1.29, 1.82) is 0 Å². The van der Waals surface area contributed by atoms with Crippen molar-refractivity contribution < 1.29 is 9.59 Å². The van der Waals surface area contributed by atoms with E-state index in [1.54, 1.807) is 12.1 Å². The molecule has 0 aliphatic carbocycles. The highest BCUT2D eigenvalue weighted by molar-refractivity contribution is 5.93. The van der Waals surface area contributed by atoms with Gasteiger partial charge in [0.15, 0.2) is 0 Å². The average molecular weight is 339 g/mol. The molecule has 3 amide bonds. The molecule has 2 aromatic rings. The van der Waals surface area contributed by atoms with E-state index in [1.807, 2.05) is 62.4 Å². The van der Waals surface area contributed by atoms with E-state index >= 15 is 0 Å². The lowest BCUT2D eigenvalue weighted by molar-refractivity contribution is -0.123. The van der Waals surface area contributed by atoms with Gasteiger partial charge in [0.05, 0.1) is 6.04 Å². The van der Waals surface area contributed by atoms with Gasteiger partial charge in [0.1, 0.15) is 6.04 Å². The Kier molecular flexibility index (Phi) is 7.01. The Hall–Kier alpha value is -2.82. The first-order valence-corrected chi connectivity index (χ1v) is 8.58. The number of nitrogens with one attached hydrogen (secondary N) is 3. The van der Waals surface area contributed by atoms with Gasteiger partial charge in [-0.1, -0.05) is 61.9 Å². The second-order valence-corrected chi connectivity index (χ2v) is 5.95. The van der Waals surface area contributed by atoms with Gasteiger partial charge in [-0.15, -0.1) is 0 Å². The number of amides is 3. The molecule has 0 spiro atoms. The van der Waals surface area contributed by atoms with Crippen LogP contribution < -0.4 is 16.0 Å². The topological polar surface area (TPSA) is 70.2 Å². The molecule has 0 saturated carbocycles. The quantitative estimate of drug-likeness (QED) is 0.717. The van der Waals surface area contributed by atoms with Crippen LogP contribution in [-0.2, 0) is 4.79 Å². The van der Waals surface area contributed by atoms with Gasteiger partial charge in [-0.2, -0.15) is 0 Å². The van der Waals surface area contributed by atoms with Crippen LogP contribution in [0.3, 0.4) is 0 Å². The van der Waals surface area contributed by atoms with Gasteiger partial charge in [-0.05, 0) is 31.0 Å². The van der Waals surface area contributed by atoms with Gasteiger partial charge in [0.2, 0.25) is 5.91 Å². The highest BCUT2D eigenvalue weighted by atomic mass is 16.2. The van der Waals surface area contributed by atoms with Gasteiger partial charge in [-0.3, -0.25) is 4.79 Å². The molecule has 2 rings (SSSR count). The first kappa shape index (κ1) is 18.5. The highest BCUT2D eigenvalue weighted by Crippen LogP contribution is 2.12. The fraction of sp³-hybridized carbons (Fsp3) is 0.300. The molecule has 5 nitrogen and oxygen atoms in total. The molecule has 0 saturated heterocycles. The summed E-state index contributed by atoms with van der Waals surface area (Å²) < 4.78 is 0. The molecule has 132 valence electrons.